The van der Waals surface area contributed by atoms with E-state index in [1.165, 1.54) is 6.20 Å². The number of rotatable bonds is 7. The Hall–Kier alpha value is -4.04. The van der Waals surface area contributed by atoms with Gasteiger partial charge in [-0.15, -0.1) is 0 Å². The van der Waals surface area contributed by atoms with Crippen molar-refractivity contribution in [2.75, 3.05) is 5.32 Å². The number of carbonyl (C=O) groups is 1. The smallest absolute Gasteiger partial charge is 0.276 e. The minimum atomic E-state index is -0.624. The van der Waals surface area contributed by atoms with E-state index in [2.05, 4.69) is 17.2 Å². The van der Waals surface area contributed by atoms with E-state index in [1.54, 1.807) is 22.2 Å². The Kier molecular flexibility index (Phi) is 6.23. The van der Waals surface area contributed by atoms with Gasteiger partial charge >= 0.3 is 0 Å². The van der Waals surface area contributed by atoms with Crippen LogP contribution in [0.3, 0.4) is 0 Å². The van der Waals surface area contributed by atoms with Crippen molar-refractivity contribution in [1.29, 1.82) is 0 Å². The van der Waals surface area contributed by atoms with Crippen molar-refractivity contribution in [3.05, 3.63) is 94.3 Å². The zero-order chi connectivity index (χ0) is 22.5. The molecule has 4 aromatic rings. The van der Waals surface area contributed by atoms with Gasteiger partial charge in [0.1, 0.15) is 5.82 Å². The maximum atomic E-state index is 13.6. The fourth-order valence-electron chi connectivity index (χ4n) is 3.57. The number of fused-ring (bicyclic) bond motifs is 1. The summed E-state index contributed by atoms with van der Waals surface area (Å²) in [5.74, 6) is 0.106. The molecule has 32 heavy (non-hydrogen) atoms. The summed E-state index contributed by atoms with van der Waals surface area (Å²) in [7, 11) is 0. The summed E-state index contributed by atoms with van der Waals surface area (Å²) in [6.45, 7) is 2.41. The fourth-order valence-corrected chi connectivity index (χ4v) is 3.57. The molecule has 0 aliphatic heterocycles. The maximum Gasteiger partial charge on any atom is 0.276 e. The monoisotopic (exact) mass is 429 g/mol. The van der Waals surface area contributed by atoms with Crippen molar-refractivity contribution in [3.8, 4) is 5.69 Å². The van der Waals surface area contributed by atoms with Crippen LogP contribution in [0.25, 0.3) is 16.6 Å². The molecule has 0 radical (unpaired) electrons. The molecule has 0 bridgehead atoms. The van der Waals surface area contributed by atoms with Crippen LogP contribution >= 0.6 is 0 Å². The average molecular weight is 429 g/mol. The summed E-state index contributed by atoms with van der Waals surface area (Å²) in [4.78, 5) is 34.1. The van der Waals surface area contributed by atoms with Gasteiger partial charge in [-0.1, -0.05) is 31.2 Å². The molecule has 0 spiro atoms. The van der Waals surface area contributed by atoms with Crippen molar-refractivity contribution in [2.45, 2.75) is 26.3 Å². The van der Waals surface area contributed by atoms with Crippen molar-refractivity contribution < 1.29 is 10.0 Å². The fraction of sp³-hybridized carbons (Fsp3) is 0.167. The lowest BCUT2D eigenvalue weighted by molar-refractivity contribution is 0.0706. The van der Waals surface area contributed by atoms with Crippen molar-refractivity contribution in [3.63, 3.8) is 0 Å². The number of hydrogen-bond donors (Lipinski definition) is 3. The first-order chi connectivity index (χ1) is 15.6. The normalized spacial score (nSPS) is 10.8. The highest BCUT2D eigenvalue weighted by Crippen LogP contribution is 2.21. The number of aryl methyl sites for hydroxylation is 1. The Balaban J connectivity index is 1.73. The number of hydrogen-bond acceptors (Lipinski definition) is 6. The van der Waals surface area contributed by atoms with Crippen LogP contribution in [0, 0.1) is 0 Å². The van der Waals surface area contributed by atoms with Gasteiger partial charge in [0.15, 0.2) is 0 Å². The first kappa shape index (κ1) is 21.2. The van der Waals surface area contributed by atoms with Gasteiger partial charge in [0, 0.05) is 18.3 Å². The van der Waals surface area contributed by atoms with Gasteiger partial charge in [0.25, 0.3) is 11.5 Å². The molecule has 0 atom stereocenters. The number of hydroxylamine groups is 1. The van der Waals surface area contributed by atoms with Gasteiger partial charge in [-0.3, -0.25) is 24.3 Å². The minimum absolute atomic E-state index is 0.129. The van der Waals surface area contributed by atoms with E-state index < -0.39 is 5.91 Å². The van der Waals surface area contributed by atoms with E-state index in [0.717, 1.165) is 17.9 Å². The molecular formula is C24H23N5O3. The highest BCUT2D eigenvalue weighted by atomic mass is 16.5. The van der Waals surface area contributed by atoms with Gasteiger partial charge < -0.3 is 5.32 Å². The van der Waals surface area contributed by atoms with Gasteiger partial charge in [0.2, 0.25) is 0 Å². The van der Waals surface area contributed by atoms with Gasteiger partial charge in [-0.2, -0.15) is 0 Å². The number of anilines is 1. The molecule has 0 saturated carbocycles. The third kappa shape index (κ3) is 4.21. The van der Waals surface area contributed by atoms with E-state index in [-0.39, 0.29) is 11.1 Å². The summed E-state index contributed by atoms with van der Waals surface area (Å²) in [6.07, 6.45) is 2.95. The molecule has 4 rings (SSSR count). The lowest BCUT2D eigenvalue weighted by Crippen LogP contribution is -2.24. The molecule has 0 aliphatic carbocycles. The van der Waals surface area contributed by atoms with Gasteiger partial charge in [-0.05, 0) is 42.8 Å². The van der Waals surface area contributed by atoms with Crippen LogP contribution in [-0.2, 0) is 13.0 Å². The third-order valence-electron chi connectivity index (χ3n) is 5.10. The highest BCUT2D eigenvalue weighted by Gasteiger charge is 2.15. The number of amides is 1. The van der Waals surface area contributed by atoms with Crippen LogP contribution < -0.4 is 16.4 Å². The summed E-state index contributed by atoms with van der Waals surface area (Å²) < 4.78 is 1.68. The second-order valence-corrected chi connectivity index (χ2v) is 7.29. The first-order valence-corrected chi connectivity index (χ1v) is 10.4. The topological polar surface area (TPSA) is 109 Å². The highest BCUT2D eigenvalue weighted by molar-refractivity contribution is 5.93. The predicted molar refractivity (Wildman–Crippen MR) is 122 cm³/mol. The number of pyridine rings is 1. The Labute approximate surface area is 184 Å². The Morgan fingerprint density at radius 2 is 1.88 bits per heavy atom. The van der Waals surface area contributed by atoms with E-state index in [1.807, 2.05) is 48.5 Å². The molecule has 1 amide bonds. The standard InChI is InChI=1S/C24H23N5O3/c1-2-7-21-27-20-11-6-10-19(22(20)24(31)29(21)18-8-4-3-5-9-18)26-15-17-13-12-16(14-25-17)23(30)28-32/h3-6,8-14,26,32H,2,7,15H2,1H3,(H,28,30). The van der Waals surface area contributed by atoms with Gasteiger partial charge in [0.05, 0.1) is 34.4 Å². The van der Waals surface area contributed by atoms with E-state index in [0.29, 0.717) is 35.2 Å². The van der Waals surface area contributed by atoms with Crippen LogP contribution in [0.1, 0.15) is 35.2 Å². The predicted octanol–water partition coefficient (Wildman–Crippen LogP) is 3.46. The van der Waals surface area contributed by atoms with Crippen LogP contribution in [-0.4, -0.2) is 25.6 Å². The van der Waals surface area contributed by atoms with Gasteiger partial charge in [-0.25, -0.2) is 10.5 Å². The Bertz CT molecular complexity index is 1300. The minimum Gasteiger partial charge on any atom is -0.379 e. The molecule has 162 valence electrons. The number of benzene rings is 2. The Morgan fingerprint density at radius 1 is 1.06 bits per heavy atom. The average Bonchev–Trinajstić information content (AvgIpc) is 2.83. The number of para-hydroxylation sites is 1. The van der Waals surface area contributed by atoms with Crippen molar-refractivity contribution in [1.82, 2.24) is 20.0 Å². The number of nitrogens with one attached hydrogen (secondary N) is 2. The molecule has 8 nitrogen and oxygen atoms in total. The molecular weight excluding hydrogens is 406 g/mol. The second-order valence-electron chi connectivity index (χ2n) is 7.29. The number of carbonyl (C=O) groups excluding carboxylic acids is 1. The first-order valence-electron chi connectivity index (χ1n) is 10.4. The molecule has 2 aromatic carbocycles. The summed E-state index contributed by atoms with van der Waals surface area (Å²) in [6, 6.07) is 18.3. The van der Waals surface area contributed by atoms with E-state index in [9.17, 15) is 9.59 Å². The zero-order valence-electron chi connectivity index (χ0n) is 17.6. The largest absolute Gasteiger partial charge is 0.379 e. The van der Waals surface area contributed by atoms with E-state index >= 15 is 0 Å². The molecule has 2 heterocycles. The summed E-state index contributed by atoms with van der Waals surface area (Å²) in [5.41, 5.74) is 4.45. The molecule has 0 fully saturated rings. The molecule has 3 N–H and O–H groups in total. The van der Waals surface area contributed by atoms with Crippen molar-refractivity contribution >= 4 is 22.5 Å². The molecule has 0 aliphatic rings. The quantitative estimate of drug-likeness (QED) is 0.307. The second kappa shape index (κ2) is 9.40. The van der Waals surface area contributed by atoms with E-state index in [4.69, 9.17) is 10.2 Å². The molecule has 8 heteroatoms. The van der Waals surface area contributed by atoms with Crippen LogP contribution in [0.5, 0.6) is 0 Å². The van der Waals surface area contributed by atoms with Crippen LogP contribution in [0.15, 0.2) is 71.7 Å². The van der Waals surface area contributed by atoms with Crippen LogP contribution in [0.2, 0.25) is 0 Å². The number of nitrogens with zero attached hydrogens (tertiary/aromatic N) is 3. The third-order valence-corrected chi connectivity index (χ3v) is 5.10. The maximum absolute atomic E-state index is 13.6. The number of aromatic nitrogens is 3. The molecule has 0 saturated heterocycles. The zero-order valence-corrected chi connectivity index (χ0v) is 17.6. The molecule has 2 aromatic heterocycles. The van der Waals surface area contributed by atoms with Crippen LogP contribution in [0.4, 0.5) is 5.69 Å². The summed E-state index contributed by atoms with van der Waals surface area (Å²) in [5, 5.41) is 12.5. The lowest BCUT2D eigenvalue weighted by atomic mass is 10.1. The lowest BCUT2D eigenvalue weighted by Gasteiger charge is -2.15. The molecule has 0 unspecified atom stereocenters. The van der Waals surface area contributed by atoms with Crippen molar-refractivity contribution in [2.24, 2.45) is 0 Å². The SMILES string of the molecule is CCCc1nc2cccc(NCc3ccc(C(=O)NO)cn3)c2c(=O)n1-c1ccccc1. The Morgan fingerprint density at radius 3 is 2.56 bits per heavy atom. The summed E-state index contributed by atoms with van der Waals surface area (Å²) >= 11 is 0.